The lowest BCUT2D eigenvalue weighted by Crippen LogP contribution is -2.25. The van der Waals surface area contributed by atoms with Gasteiger partial charge in [-0.1, -0.05) is 31.2 Å². The molecule has 0 bridgehead atoms. The van der Waals surface area contributed by atoms with Crippen LogP contribution in [0.5, 0.6) is 0 Å². The van der Waals surface area contributed by atoms with Gasteiger partial charge in [0.1, 0.15) is 16.5 Å². The Balaban J connectivity index is 1.89. The quantitative estimate of drug-likeness (QED) is 0.464. The van der Waals surface area contributed by atoms with E-state index in [1.807, 2.05) is 17.5 Å². The number of fused-ring (bicyclic) bond motifs is 1. The van der Waals surface area contributed by atoms with Crippen molar-refractivity contribution >= 4 is 21.6 Å². The van der Waals surface area contributed by atoms with E-state index in [1.165, 1.54) is 23.5 Å². The van der Waals surface area contributed by atoms with Crippen LogP contribution in [0.3, 0.4) is 0 Å². The molecule has 0 aliphatic heterocycles. The van der Waals surface area contributed by atoms with Crippen LogP contribution >= 0.6 is 11.3 Å². The second-order valence-corrected chi connectivity index (χ2v) is 7.68. The number of hydrogen-bond donors (Lipinski definition) is 0. The van der Waals surface area contributed by atoms with Gasteiger partial charge in [-0.25, -0.2) is 9.37 Å². The summed E-state index contributed by atoms with van der Waals surface area (Å²) in [6.07, 6.45) is 1.55. The van der Waals surface area contributed by atoms with Gasteiger partial charge in [0.15, 0.2) is 0 Å². The highest BCUT2D eigenvalue weighted by Crippen LogP contribution is 2.31. The number of thiophene rings is 1. The minimum Gasteiger partial charge on any atom is -0.292 e. The Morgan fingerprint density at radius 2 is 2.00 bits per heavy atom. The van der Waals surface area contributed by atoms with Crippen LogP contribution in [0.2, 0.25) is 0 Å². The number of hydrogen-bond acceptors (Lipinski definition) is 4. The van der Waals surface area contributed by atoms with Crippen LogP contribution in [0.4, 0.5) is 4.39 Å². The molecule has 0 aliphatic rings. The van der Waals surface area contributed by atoms with Gasteiger partial charge >= 0.3 is 0 Å². The van der Waals surface area contributed by atoms with Gasteiger partial charge in [-0.2, -0.15) is 5.26 Å². The van der Waals surface area contributed by atoms with Gasteiger partial charge in [-0.05, 0) is 41.8 Å². The van der Waals surface area contributed by atoms with Gasteiger partial charge < -0.3 is 0 Å². The zero-order chi connectivity index (χ0) is 20.4. The largest absolute Gasteiger partial charge is 0.292 e. The van der Waals surface area contributed by atoms with Gasteiger partial charge in [-0.15, -0.1) is 11.3 Å². The summed E-state index contributed by atoms with van der Waals surface area (Å²) in [7, 11) is 0. The molecule has 29 heavy (non-hydrogen) atoms. The summed E-state index contributed by atoms with van der Waals surface area (Å²) >= 11 is 1.43. The Labute approximate surface area is 171 Å². The summed E-state index contributed by atoms with van der Waals surface area (Å²) in [6.45, 7) is 2.40. The molecule has 144 valence electrons. The van der Waals surface area contributed by atoms with Gasteiger partial charge in [0.2, 0.25) is 0 Å². The van der Waals surface area contributed by atoms with Crippen LogP contribution in [0, 0.1) is 17.1 Å². The van der Waals surface area contributed by atoms with Crippen molar-refractivity contribution in [1.29, 1.82) is 5.26 Å². The molecule has 4 aromatic rings. The van der Waals surface area contributed by atoms with Crippen LogP contribution in [0.25, 0.3) is 21.3 Å². The highest BCUT2D eigenvalue weighted by molar-refractivity contribution is 7.17. The van der Waals surface area contributed by atoms with E-state index in [1.54, 1.807) is 28.8 Å². The molecular weight excluding hydrogens is 385 g/mol. The normalized spacial score (nSPS) is 10.9. The van der Waals surface area contributed by atoms with Crippen LogP contribution in [0.1, 0.15) is 30.3 Å². The number of benzene rings is 2. The SMILES string of the molecule is CCCc1nc2scc(-c3ccc(F)cc3)c2c(=O)n1Cc1cccc(C#N)c1. The highest BCUT2D eigenvalue weighted by Gasteiger charge is 2.17. The van der Waals surface area contributed by atoms with E-state index in [0.29, 0.717) is 28.7 Å². The number of halogens is 1. The smallest absolute Gasteiger partial charge is 0.263 e. The maximum atomic E-state index is 13.5. The molecule has 0 radical (unpaired) electrons. The Morgan fingerprint density at radius 3 is 2.72 bits per heavy atom. The van der Waals surface area contributed by atoms with Crippen molar-refractivity contribution < 1.29 is 4.39 Å². The summed E-state index contributed by atoms with van der Waals surface area (Å²) in [5, 5.41) is 11.6. The molecular formula is C23H18FN3OS. The fraction of sp³-hybridized carbons (Fsp3) is 0.174. The Bertz CT molecular complexity index is 1280. The lowest BCUT2D eigenvalue weighted by atomic mass is 10.1. The van der Waals surface area contributed by atoms with Crippen molar-refractivity contribution in [3.05, 3.63) is 87.0 Å². The predicted molar refractivity (Wildman–Crippen MR) is 114 cm³/mol. The van der Waals surface area contributed by atoms with E-state index in [9.17, 15) is 9.18 Å². The molecule has 0 N–H and O–H groups in total. The molecule has 2 aromatic heterocycles. The average Bonchev–Trinajstić information content (AvgIpc) is 3.16. The van der Waals surface area contributed by atoms with Crippen molar-refractivity contribution in [1.82, 2.24) is 9.55 Å². The third-order valence-corrected chi connectivity index (χ3v) is 5.67. The van der Waals surface area contributed by atoms with Crippen molar-refractivity contribution in [2.75, 3.05) is 0 Å². The summed E-state index contributed by atoms with van der Waals surface area (Å²) < 4.78 is 15.0. The minimum atomic E-state index is -0.313. The molecule has 0 saturated heterocycles. The molecule has 0 fully saturated rings. The lowest BCUT2D eigenvalue weighted by molar-refractivity contribution is 0.628. The molecule has 2 aromatic carbocycles. The Hall–Kier alpha value is -3.30. The molecule has 6 heteroatoms. The van der Waals surface area contributed by atoms with E-state index in [2.05, 4.69) is 13.0 Å². The maximum absolute atomic E-state index is 13.5. The molecule has 0 amide bonds. The average molecular weight is 403 g/mol. The first-order chi connectivity index (χ1) is 14.1. The zero-order valence-corrected chi connectivity index (χ0v) is 16.7. The number of aromatic nitrogens is 2. The first-order valence-corrected chi connectivity index (χ1v) is 10.2. The van der Waals surface area contributed by atoms with Crippen LogP contribution in [-0.4, -0.2) is 9.55 Å². The number of nitriles is 1. The zero-order valence-electron chi connectivity index (χ0n) is 15.9. The molecule has 4 nitrogen and oxygen atoms in total. The van der Waals surface area contributed by atoms with Gasteiger partial charge in [0.25, 0.3) is 5.56 Å². The Morgan fingerprint density at radius 1 is 1.21 bits per heavy atom. The van der Waals surface area contributed by atoms with E-state index in [0.717, 1.165) is 28.9 Å². The first kappa shape index (κ1) is 19.0. The maximum Gasteiger partial charge on any atom is 0.263 e. The third kappa shape index (κ3) is 3.69. The lowest BCUT2D eigenvalue weighted by Gasteiger charge is -2.13. The van der Waals surface area contributed by atoms with Crippen LogP contribution < -0.4 is 5.56 Å². The second kappa shape index (κ2) is 7.98. The van der Waals surface area contributed by atoms with Crippen molar-refractivity contribution in [3.8, 4) is 17.2 Å². The summed E-state index contributed by atoms with van der Waals surface area (Å²) in [5.41, 5.74) is 2.89. The molecule has 4 rings (SSSR count). The van der Waals surface area contributed by atoms with Gasteiger partial charge in [0.05, 0.1) is 23.6 Å². The Kier molecular flexibility index (Phi) is 5.24. The van der Waals surface area contributed by atoms with E-state index >= 15 is 0 Å². The van der Waals surface area contributed by atoms with Crippen molar-refractivity contribution in [3.63, 3.8) is 0 Å². The molecule has 0 aliphatic carbocycles. The van der Waals surface area contributed by atoms with Crippen LogP contribution in [-0.2, 0) is 13.0 Å². The minimum absolute atomic E-state index is 0.110. The van der Waals surface area contributed by atoms with E-state index in [4.69, 9.17) is 10.2 Å². The van der Waals surface area contributed by atoms with E-state index in [-0.39, 0.29) is 11.4 Å². The van der Waals surface area contributed by atoms with Crippen LogP contribution in [0.15, 0.2) is 58.7 Å². The summed E-state index contributed by atoms with van der Waals surface area (Å²) in [4.78, 5) is 19.0. The number of aryl methyl sites for hydroxylation is 1. The van der Waals surface area contributed by atoms with Crippen molar-refractivity contribution in [2.24, 2.45) is 0 Å². The molecule has 0 atom stereocenters. The summed E-state index contributed by atoms with van der Waals surface area (Å²) in [6, 6.07) is 15.5. The van der Waals surface area contributed by atoms with Crippen molar-refractivity contribution in [2.45, 2.75) is 26.3 Å². The van der Waals surface area contributed by atoms with E-state index < -0.39 is 0 Å². The summed E-state index contributed by atoms with van der Waals surface area (Å²) in [5.74, 6) is 0.422. The fourth-order valence-electron chi connectivity index (χ4n) is 3.41. The highest BCUT2D eigenvalue weighted by atomic mass is 32.1. The first-order valence-electron chi connectivity index (χ1n) is 9.36. The fourth-order valence-corrected chi connectivity index (χ4v) is 4.36. The standard InChI is InChI=1S/C23H18FN3OS/c1-2-4-20-26-22-21(19(14-29-22)17-7-9-18(24)10-8-17)23(28)27(20)13-16-6-3-5-15(11-16)12-25/h3,5-11,14H,2,4,13H2,1H3. The monoisotopic (exact) mass is 403 g/mol. The molecule has 0 saturated carbocycles. The predicted octanol–water partition coefficient (Wildman–Crippen LogP) is 5.14. The molecule has 2 heterocycles. The van der Waals surface area contributed by atoms with Gasteiger partial charge in [-0.3, -0.25) is 9.36 Å². The third-order valence-electron chi connectivity index (χ3n) is 4.80. The molecule has 0 unspecified atom stereocenters. The second-order valence-electron chi connectivity index (χ2n) is 6.82. The van der Waals surface area contributed by atoms with Gasteiger partial charge in [0, 0.05) is 17.4 Å². The topological polar surface area (TPSA) is 58.7 Å². The molecule has 0 spiro atoms. The number of nitrogens with zero attached hydrogens (tertiary/aromatic N) is 3. The number of rotatable bonds is 5.